The molecule has 15 heavy (non-hydrogen) atoms. The molecule has 2 atom stereocenters. The van der Waals surface area contributed by atoms with Crippen molar-refractivity contribution in [1.29, 1.82) is 0 Å². The van der Waals surface area contributed by atoms with E-state index in [4.69, 9.17) is 0 Å². The van der Waals surface area contributed by atoms with Gasteiger partial charge in [0.05, 0.1) is 6.61 Å². The highest BCUT2D eigenvalue weighted by atomic mass is 16.3. The van der Waals surface area contributed by atoms with Gasteiger partial charge in [-0.15, -0.1) is 0 Å². The van der Waals surface area contributed by atoms with Gasteiger partial charge < -0.3 is 15.7 Å². The fourth-order valence-corrected chi connectivity index (χ4v) is 2.43. The highest BCUT2D eigenvalue weighted by molar-refractivity contribution is 4.98. The van der Waals surface area contributed by atoms with Crippen LogP contribution in [0.1, 0.15) is 33.6 Å². The Morgan fingerprint density at radius 1 is 1.53 bits per heavy atom. The molecule has 0 aliphatic carbocycles. The van der Waals surface area contributed by atoms with Crippen LogP contribution in [0.2, 0.25) is 0 Å². The molecule has 1 rings (SSSR count). The smallest absolute Gasteiger partial charge is 0.0617 e. The van der Waals surface area contributed by atoms with E-state index in [-0.39, 0.29) is 12.1 Å². The van der Waals surface area contributed by atoms with Crippen LogP contribution in [-0.2, 0) is 0 Å². The van der Waals surface area contributed by atoms with E-state index in [1.807, 2.05) is 0 Å². The number of piperidine rings is 1. The van der Waals surface area contributed by atoms with Gasteiger partial charge in [0.25, 0.3) is 0 Å². The summed E-state index contributed by atoms with van der Waals surface area (Å²) in [4.78, 5) is 0. The van der Waals surface area contributed by atoms with Crippen molar-refractivity contribution in [2.75, 3.05) is 26.2 Å². The lowest BCUT2D eigenvalue weighted by Gasteiger charge is -2.44. The molecule has 3 N–H and O–H groups in total. The summed E-state index contributed by atoms with van der Waals surface area (Å²) in [5.41, 5.74) is -0.0374. The Labute approximate surface area is 93.6 Å². The van der Waals surface area contributed by atoms with Crippen LogP contribution >= 0.6 is 0 Å². The molecule has 1 aliphatic rings. The molecule has 1 fully saturated rings. The van der Waals surface area contributed by atoms with Crippen LogP contribution in [0.25, 0.3) is 0 Å². The second-order valence-electron chi connectivity index (χ2n) is 5.15. The van der Waals surface area contributed by atoms with Gasteiger partial charge in [-0.25, -0.2) is 0 Å². The molecule has 0 saturated carbocycles. The molecular weight excluding hydrogens is 188 g/mol. The largest absolute Gasteiger partial charge is 0.394 e. The van der Waals surface area contributed by atoms with Crippen LogP contribution in [0.5, 0.6) is 0 Å². The van der Waals surface area contributed by atoms with Gasteiger partial charge in [-0.2, -0.15) is 0 Å². The monoisotopic (exact) mass is 214 g/mol. The Morgan fingerprint density at radius 3 is 2.80 bits per heavy atom. The average Bonchev–Trinajstić information content (AvgIpc) is 2.26. The maximum absolute atomic E-state index is 9.67. The SMILES string of the molecule is CCC1CNCCC1(CO)NCC(C)C. The molecule has 0 bridgehead atoms. The number of aliphatic hydroxyl groups excluding tert-OH is 1. The quantitative estimate of drug-likeness (QED) is 0.639. The molecule has 1 heterocycles. The van der Waals surface area contributed by atoms with Gasteiger partial charge in [0.2, 0.25) is 0 Å². The summed E-state index contributed by atoms with van der Waals surface area (Å²) < 4.78 is 0. The Bertz CT molecular complexity index is 184. The van der Waals surface area contributed by atoms with Crippen LogP contribution in [0.3, 0.4) is 0 Å². The van der Waals surface area contributed by atoms with Gasteiger partial charge in [-0.1, -0.05) is 27.2 Å². The maximum atomic E-state index is 9.67. The first-order valence-electron chi connectivity index (χ1n) is 6.21. The average molecular weight is 214 g/mol. The summed E-state index contributed by atoms with van der Waals surface area (Å²) >= 11 is 0. The molecule has 0 amide bonds. The van der Waals surface area contributed by atoms with Crippen molar-refractivity contribution >= 4 is 0 Å². The van der Waals surface area contributed by atoms with Crippen LogP contribution in [0.4, 0.5) is 0 Å². The summed E-state index contributed by atoms with van der Waals surface area (Å²) in [6.07, 6.45) is 2.16. The minimum atomic E-state index is -0.0374. The van der Waals surface area contributed by atoms with Crippen molar-refractivity contribution in [3.05, 3.63) is 0 Å². The van der Waals surface area contributed by atoms with E-state index >= 15 is 0 Å². The zero-order valence-corrected chi connectivity index (χ0v) is 10.3. The van der Waals surface area contributed by atoms with E-state index in [0.29, 0.717) is 11.8 Å². The van der Waals surface area contributed by atoms with E-state index < -0.39 is 0 Å². The molecule has 3 heteroatoms. The highest BCUT2D eigenvalue weighted by Crippen LogP contribution is 2.26. The Morgan fingerprint density at radius 2 is 2.27 bits per heavy atom. The summed E-state index contributed by atoms with van der Waals surface area (Å²) in [7, 11) is 0. The van der Waals surface area contributed by atoms with Gasteiger partial charge in [-0.3, -0.25) is 0 Å². The fraction of sp³-hybridized carbons (Fsp3) is 1.00. The van der Waals surface area contributed by atoms with Gasteiger partial charge in [0, 0.05) is 5.54 Å². The summed E-state index contributed by atoms with van der Waals surface area (Å²) in [5, 5.41) is 16.7. The van der Waals surface area contributed by atoms with E-state index in [1.165, 1.54) is 0 Å². The van der Waals surface area contributed by atoms with Crippen LogP contribution < -0.4 is 10.6 Å². The predicted octanol–water partition coefficient (Wildman–Crippen LogP) is 0.983. The molecule has 0 aromatic heterocycles. The van der Waals surface area contributed by atoms with Crippen molar-refractivity contribution in [3.8, 4) is 0 Å². The van der Waals surface area contributed by atoms with Gasteiger partial charge in [0.1, 0.15) is 0 Å². The first kappa shape index (κ1) is 12.9. The Kier molecular flexibility index (Phi) is 5.03. The van der Waals surface area contributed by atoms with Gasteiger partial charge in [-0.05, 0) is 37.9 Å². The molecule has 2 unspecified atom stereocenters. The number of hydrogen-bond acceptors (Lipinski definition) is 3. The molecule has 1 aliphatic heterocycles. The molecule has 0 spiro atoms. The zero-order chi connectivity index (χ0) is 11.3. The molecule has 0 aromatic rings. The second kappa shape index (κ2) is 5.83. The van der Waals surface area contributed by atoms with Crippen LogP contribution in [0.15, 0.2) is 0 Å². The molecule has 0 radical (unpaired) electrons. The third kappa shape index (κ3) is 3.16. The van der Waals surface area contributed by atoms with Crippen molar-refractivity contribution in [2.24, 2.45) is 11.8 Å². The van der Waals surface area contributed by atoms with Gasteiger partial charge >= 0.3 is 0 Å². The number of aliphatic hydroxyl groups is 1. The summed E-state index contributed by atoms with van der Waals surface area (Å²) in [5.74, 6) is 1.19. The van der Waals surface area contributed by atoms with Crippen molar-refractivity contribution < 1.29 is 5.11 Å². The second-order valence-corrected chi connectivity index (χ2v) is 5.15. The van der Waals surface area contributed by atoms with E-state index in [9.17, 15) is 5.11 Å². The van der Waals surface area contributed by atoms with Crippen molar-refractivity contribution in [1.82, 2.24) is 10.6 Å². The number of rotatable bonds is 5. The van der Waals surface area contributed by atoms with Crippen molar-refractivity contribution in [2.45, 2.75) is 39.2 Å². The minimum absolute atomic E-state index is 0.0374. The zero-order valence-electron chi connectivity index (χ0n) is 10.3. The predicted molar refractivity (Wildman–Crippen MR) is 63.9 cm³/mol. The Balaban J connectivity index is 2.61. The number of nitrogens with one attached hydrogen (secondary N) is 2. The molecule has 3 nitrogen and oxygen atoms in total. The summed E-state index contributed by atoms with van der Waals surface area (Å²) in [6, 6.07) is 0. The first-order valence-corrected chi connectivity index (χ1v) is 6.21. The fourth-order valence-electron chi connectivity index (χ4n) is 2.43. The van der Waals surface area contributed by atoms with Crippen LogP contribution in [0, 0.1) is 11.8 Å². The third-order valence-electron chi connectivity index (χ3n) is 3.56. The molecule has 90 valence electrons. The standard InChI is InChI=1S/C12H26N2O/c1-4-11-8-13-6-5-12(11,9-15)14-7-10(2)3/h10-11,13-15H,4-9H2,1-3H3. The lowest BCUT2D eigenvalue weighted by Crippen LogP contribution is -2.61. The normalized spacial score (nSPS) is 32.2. The topological polar surface area (TPSA) is 44.3 Å². The molecule has 1 saturated heterocycles. The lowest BCUT2D eigenvalue weighted by molar-refractivity contribution is 0.0700. The third-order valence-corrected chi connectivity index (χ3v) is 3.56. The summed E-state index contributed by atoms with van der Waals surface area (Å²) in [6.45, 7) is 9.93. The van der Waals surface area contributed by atoms with E-state index in [2.05, 4.69) is 31.4 Å². The number of hydrogen-bond donors (Lipinski definition) is 3. The van der Waals surface area contributed by atoms with E-state index in [0.717, 1.165) is 32.5 Å². The molecular formula is C12H26N2O. The Hall–Kier alpha value is -0.120. The first-order chi connectivity index (χ1) is 7.14. The maximum Gasteiger partial charge on any atom is 0.0617 e. The van der Waals surface area contributed by atoms with Crippen molar-refractivity contribution in [3.63, 3.8) is 0 Å². The highest BCUT2D eigenvalue weighted by Gasteiger charge is 2.38. The molecule has 0 aromatic carbocycles. The van der Waals surface area contributed by atoms with Gasteiger partial charge in [0.15, 0.2) is 0 Å². The minimum Gasteiger partial charge on any atom is -0.394 e. The van der Waals surface area contributed by atoms with Crippen LogP contribution in [-0.4, -0.2) is 36.9 Å². The lowest BCUT2D eigenvalue weighted by atomic mass is 9.77. The van der Waals surface area contributed by atoms with E-state index in [1.54, 1.807) is 0 Å².